The Bertz CT molecular complexity index is 431. The first-order chi connectivity index (χ1) is 7.90. The number of hydrogen-bond donors (Lipinski definition) is 0. The van der Waals surface area contributed by atoms with Gasteiger partial charge in [-0.05, 0) is 18.6 Å². The molecule has 2 aromatic carbocycles. The number of hydrogen-bond acceptors (Lipinski definition) is 1. The van der Waals surface area contributed by atoms with Crippen molar-refractivity contribution in [1.29, 1.82) is 0 Å². The Labute approximate surface area is 113 Å². The second-order valence-electron chi connectivity index (χ2n) is 3.28. The molecule has 3 heteroatoms. The fraction of sp³-hybridized carbons (Fsp3) is 0.231. The molecule has 0 atom stereocenters. The van der Waals surface area contributed by atoms with Crippen LogP contribution in [0, 0.1) is 6.07 Å². The molecule has 0 heterocycles. The summed E-state index contributed by atoms with van der Waals surface area (Å²) in [6.45, 7) is 2.89. The zero-order valence-corrected chi connectivity index (χ0v) is 13.9. The molecule has 16 heavy (non-hydrogen) atoms. The average Bonchev–Trinajstić information content (AvgIpc) is 2.38. The molecule has 0 saturated carbocycles. The Hall–Kier alpha value is -0.397. The summed E-state index contributed by atoms with van der Waals surface area (Å²) in [7, 11) is 0. The molecule has 0 aliphatic rings. The molecule has 0 saturated heterocycles. The van der Waals surface area contributed by atoms with Crippen LogP contribution in [0.25, 0.3) is 10.8 Å². The Kier molecular flexibility index (Phi) is 6.67. The van der Waals surface area contributed by atoms with Crippen LogP contribution >= 0.6 is 13.6 Å². The zero-order chi connectivity index (χ0) is 11.8. The predicted molar refractivity (Wildman–Crippen MR) is 67.5 cm³/mol. The van der Waals surface area contributed by atoms with Crippen LogP contribution in [0.2, 0.25) is 0 Å². The monoisotopic (exact) mass is 328 g/mol. The first-order valence-corrected chi connectivity index (χ1v) is 12.1. The van der Waals surface area contributed by atoms with Crippen molar-refractivity contribution < 1.29 is 21.1 Å². The second-order valence-corrected chi connectivity index (χ2v) is 3.28. The summed E-state index contributed by atoms with van der Waals surface area (Å²) < 4.78 is 5.55. The Morgan fingerprint density at radius 3 is 2.81 bits per heavy atom. The number of rotatable bonds is 3. The van der Waals surface area contributed by atoms with Crippen LogP contribution in [0.3, 0.4) is 0 Å². The Morgan fingerprint density at radius 2 is 2.06 bits per heavy atom. The molecule has 0 fully saturated rings. The fourth-order valence-electron chi connectivity index (χ4n) is 1.41. The van der Waals surface area contributed by atoms with E-state index in [9.17, 15) is 0 Å². The van der Waals surface area contributed by atoms with Crippen molar-refractivity contribution in [2.75, 3.05) is 6.61 Å². The molecule has 0 amide bonds. The molecule has 0 spiro atoms. The van der Waals surface area contributed by atoms with Crippen molar-refractivity contribution in [3.05, 3.63) is 42.5 Å². The summed E-state index contributed by atoms with van der Waals surface area (Å²) in [5.41, 5.74) is 0. The van der Waals surface area contributed by atoms with Gasteiger partial charge in [-0.25, -0.2) is 0 Å². The van der Waals surface area contributed by atoms with E-state index in [1.54, 1.807) is 0 Å². The van der Waals surface area contributed by atoms with E-state index in [-0.39, 0.29) is 0 Å². The van der Waals surface area contributed by atoms with Gasteiger partial charge in [0.05, 0.1) is 6.61 Å². The zero-order valence-electron chi connectivity index (χ0n) is 9.37. The Morgan fingerprint density at radius 1 is 1.25 bits per heavy atom. The number of benzene rings is 2. The summed E-state index contributed by atoms with van der Waals surface area (Å²) >= 11 is 4.25. The minimum absolute atomic E-state index is 0.782. The molecule has 2 aromatic rings. The Balaban J connectivity index is 0.000000606. The first kappa shape index (κ1) is 13.7. The van der Waals surface area contributed by atoms with Gasteiger partial charge in [-0.15, -0.1) is 16.8 Å². The molecule has 1 nitrogen and oxygen atoms in total. The SMILES string of the molecule is CCCOc1ccc2c[c-]ccc2c1.[Zn+][Br]. The minimum atomic E-state index is 0.782. The van der Waals surface area contributed by atoms with Crippen LogP contribution in [0.1, 0.15) is 13.3 Å². The quantitative estimate of drug-likeness (QED) is 0.603. The van der Waals surface area contributed by atoms with Gasteiger partial charge >= 0.3 is 30.0 Å². The predicted octanol–water partition coefficient (Wildman–Crippen LogP) is 4.27. The van der Waals surface area contributed by atoms with Crippen LogP contribution in [-0.4, -0.2) is 6.61 Å². The van der Waals surface area contributed by atoms with Gasteiger partial charge < -0.3 is 4.74 Å². The van der Waals surface area contributed by atoms with E-state index in [4.69, 9.17) is 4.74 Å². The summed E-state index contributed by atoms with van der Waals surface area (Å²) in [5, 5.41) is 2.41. The molecule has 0 aromatic heterocycles. The van der Waals surface area contributed by atoms with Gasteiger partial charge in [-0.1, -0.05) is 6.92 Å². The third kappa shape index (κ3) is 3.88. The van der Waals surface area contributed by atoms with Gasteiger partial charge in [-0.3, -0.25) is 0 Å². The molecule has 0 aliphatic heterocycles. The number of halogens is 1. The van der Waals surface area contributed by atoms with E-state index in [1.165, 1.54) is 27.1 Å². The maximum atomic E-state index is 5.55. The van der Waals surface area contributed by atoms with Crippen LogP contribution in [0.4, 0.5) is 0 Å². The summed E-state index contributed by atoms with van der Waals surface area (Å²) in [5.74, 6) is 0.950. The molecule has 0 radical (unpaired) electrons. The fourth-order valence-corrected chi connectivity index (χ4v) is 1.41. The molecule has 80 valence electrons. The molecule has 0 bridgehead atoms. The summed E-state index contributed by atoms with van der Waals surface area (Å²) in [6, 6.07) is 15.2. The van der Waals surface area contributed by atoms with E-state index in [1.807, 2.05) is 24.3 Å². The van der Waals surface area contributed by atoms with Gasteiger partial charge in [-0.2, -0.15) is 24.3 Å². The molecule has 0 unspecified atom stereocenters. The molecule has 2 rings (SSSR count). The van der Waals surface area contributed by atoms with Gasteiger partial charge in [0.1, 0.15) is 5.75 Å². The molecule has 0 aliphatic carbocycles. The molecule has 0 N–H and O–H groups in total. The third-order valence-corrected chi connectivity index (χ3v) is 2.13. The van der Waals surface area contributed by atoms with E-state index in [0.29, 0.717) is 0 Å². The second kappa shape index (κ2) is 7.81. The third-order valence-electron chi connectivity index (χ3n) is 2.13. The van der Waals surface area contributed by atoms with Crippen LogP contribution in [0.15, 0.2) is 36.4 Å². The van der Waals surface area contributed by atoms with E-state index < -0.39 is 0 Å². The normalized spacial score (nSPS) is 9.50. The van der Waals surface area contributed by atoms with Crippen molar-refractivity contribution in [2.24, 2.45) is 0 Å². The van der Waals surface area contributed by atoms with Crippen molar-refractivity contribution in [3.63, 3.8) is 0 Å². The van der Waals surface area contributed by atoms with Crippen LogP contribution < -0.4 is 4.74 Å². The number of ether oxygens (including phenoxy) is 1. The van der Waals surface area contributed by atoms with E-state index >= 15 is 0 Å². The van der Waals surface area contributed by atoms with Crippen LogP contribution in [-0.2, 0) is 16.3 Å². The van der Waals surface area contributed by atoms with Crippen molar-refractivity contribution in [2.45, 2.75) is 13.3 Å². The summed E-state index contributed by atoms with van der Waals surface area (Å²) in [4.78, 5) is 0. The standard InChI is InChI=1S/C13H13O.BrH.Zn/c1-2-9-14-13-8-7-11-5-3-4-6-12(11)10-13;;/h4-8,10H,2,9H2,1H3;1H;/q-1;;+2/p-1. The topological polar surface area (TPSA) is 9.23 Å². The van der Waals surface area contributed by atoms with Gasteiger partial charge in [0.2, 0.25) is 0 Å². The van der Waals surface area contributed by atoms with E-state index in [2.05, 4.69) is 38.7 Å². The van der Waals surface area contributed by atoms with Crippen molar-refractivity contribution in [3.8, 4) is 5.75 Å². The van der Waals surface area contributed by atoms with E-state index in [0.717, 1.165) is 18.8 Å². The van der Waals surface area contributed by atoms with Crippen molar-refractivity contribution >= 4 is 24.4 Å². The molecular weight excluding hydrogens is 317 g/mol. The van der Waals surface area contributed by atoms with Crippen molar-refractivity contribution in [1.82, 2.24) is 0 Å². The van der Waals surface area contributed by atoms with Gasteiger partial charge in [0, 0.05) is 0 Å². The van der Waals surface area contributed by atoms with Gasteiger partial charge in [0.15, 0.2) is 0 Å². The van der Waals surface area contributed by atoms with Gasteiger partial charge in [0.25, 0.3) is 0 Å². The number of fused-ring (bicyclic) bond motifs is 1. The van der Waals surface area contributed by atoms with Crippen LogP contribution in [0.5, 0.6) is 5.75 Å². The first-order valence-electron chi connectivity index (χ1n) is 5.19. The average molecular weight is 331 g/mol. The summed E-state index contributed by atoms with van der Waals surface area (Å²) in [6.07, 6.45) is 1.04. The maximum absolute atomic E-state index is 5.55. The molecular formula is C13H13BrOZn.